The highest BCUT2D eigenvalue weighted by molar-refractivity contribution is 6.07. The van der Waals surface area contributed by atoms with Crippen molar-refractivity contribution in [1.29, 1.82) is 0 Å². The first-order valence-corrected chi connectivity index (χ1v) is 19.6. The van der Waals surface area contributed by atoms with Gasteiger partial charge < -0.3 is 25.6 Å². The van der Waals surface area contributed by atoms with E-state index < -0.39 is 23.1 Å². The number of phenols is 2. The van der Waals surface area contributed by atoms with E-state index in [1.165, 1.54) is 0 Å². The molecule has 55 heavy (non-hydrogen) atoms. The van der Waals surface area contributed by atoms with Crippen molar-refractivity contribution in [2.24, 2.45) is 0 Å². The van der Waals surface area contributed by atoms with Gasteiger partial charge in [0.15, 0.2) is 0 Å². The van der Waals surface area contributed by atoms with E-state index in [0.29, 0.717) is 37.2 Å². The summed E-state index contributed by atoms with van der Waals surface area (Å²) in [6.45, 7) is 28.3. The molecule has 2 heterocycles. The Kier molecular flexibility index (Phi) is 12.0. The van der Waals surface area contributed by atoms with Crippen LogP contribution in [-0.2, 0) is 48.8 Å². The maximum atomic E-state index is 13.5. The molecule has 11 heteroatoms. The van der Waals surface area contributed by atoms with E-state index in [2.05, 4.69) is 93.7 Å². The Morgan fingerprint density at radius 2 is 0.818 bits per heavy atom. The number of amides is 6. The second kappa shape index (κ2) is 15.1. The fraction of sp³-hybridized carbons (Fsp3) is 0.636. The molecule has 2 aliphatic rings. The summed E-state index contributed by atoms with van der Waals surface area (Å²) in [5.41, 5.74) is 1.99. The minimum Gasteiger partial charge on any atom is -0.507 e. The molecule has 2 aliphatic heterocycles. The minimum atomic E-state index is -1.11. The van der Waals surface area contributed by atoms with Crippen LogP contribution in [0.5, 0.6) is 11.5 Å². The van der Waals surface area contributed by atoms with E-state index in [-0.39, 0.29) is 59.8 Å². The Labute approximate surface area is 328 Å². The van der Waals surface area contributed by atoms with Gasteiger partial charge in [-0.1, -0.05) is 107 Å². The second-order valence-electron chi connectivity index (χ2n) is 20.1. The topological polar surface area (TPSA) is 149 Å². The molecule has 2 saturated heterocycles. The number of carbonyl (C=O) groups excluding carboxylic acids is 4. The second-order valence-corrected chi connectivity index (χ2v) is 20.1. The van der Waals surface area contributed by atoms with Crippen LogP contribution in [-0.4, -0.2) is 81.3 Å². The molecular formula is C44H66N4O7. The Balaban J connectivity index is 1.32. The Bertz CT molecular complexity index is 1620. The fourth-order valence-corrected chi connectivity index (χ4v) is 7.41. The van der Waals surface area contributed by atoms with Crippen molar-refractivity contribution in [3.05, 3.63) is 57.6 Å². The van der Waals surface area contributed by atoms with Crippen molar-refractivity contribution in [1.82, 2.24) is 20.4 Å². The quantitative estimate of drug-likeness (QED) is 0.129. The molecular weight excluding hydrogens is 697 g/mol. The molecule has 2 atom stereocenters. The fourth-order valence-electron chi connectivity index (χ4n) is 7.41. The molecule has 11 nitrogen and oxygen atoms in total. The number of aromatic hydroxyl groups is 2. The lowest BCUT2D eigenvalue weighted by Crippen LogP contribution is -2.44. The summed E-state index contributed by atoms with van der Waals surface area (Å²) in [7, 11) is 0. The number of imide groups is 2. The lowest BCUT2D eigenvalue weighted by molar-refractivity contribution is -0.131. The molecule has 0 aromatic heterocycles. The molecule has 4 N–H and O–H groups in total. The van der Waals surface area contributed by atoms with E-state index >= 15 is 0 Å². The number of rotatable bonds is 12. The zero-order valence-electron chi connectivity index (χ0n) is 35.8. The summed E-state index contributed by atoms with van der Waals surface area (Å²) in [6.07, 6.45) is 1.80. The molecule has 0 radical (unpaired) electrons. The van der Waals surface area contributed by atoms with Crippen LogP contribution >= 0.6 is 0 Å². The molecule has 304 valence electrons. The number of urea groups is 2. The van der Waals surface area contributed by atoms with Gasteiger partial charge in [-0.3, -0.25) is 19.4 Å². The monoisotopic (exact) mass is 762 g/mol. The standard InChI is InChI=1S/C44H66N4O7/c1-39(2,3)29-23-27(24-30(33(29)49)40(4,5)6)15-17-43(13)35(51)47(37(53)45-43)19-21-55-22-20-48-36(52)44(14,46-38(48)54)18-16-28-25-31(41(7,8)9)34(50)32(26-28)42(10,11)12/h23-26,49-50H,15-22H2,1-14H3,(H,45,53)(H,46,54). The van der Waals surface area contributed by atoms with Gasteiger partial charge in [-0.2, -0.15) is 0 Å². The van der Waals surface area contributed by atoms with Crippen molar-refractivity contribution in [3.63, 3.8) is 0 Å². The van der Waals surface area contributed by atoms with E-state index in [9.17, 15) is 29.4 Å². The maximum absolute atomic E-state index is 13.5. The van der Waals surface area contributed by atoms with Gasteiger partial charge in [0.05, 0.1) is 26.3 Å². The number of benzene rings is 2. The average molecular weight is 763 g/mol. The number of hydrogen-bond donors (Lipinski definition) is 4. The van der Waals surface area contributed by atoms with Crippen molar-refractivity contribution in [2.75, 3.05) is 26.3 Å². The number of phenolic OH excluding ortho intramolecular Hbond substituents is 2. The lowest BCUT2D eigenvalue weighted by atomic mass is 9.77. The Hall–Kier alpha value is -4.12. The predicted octanol–water partition coefficient (Wildman–Crippen LogP) is 7.49. The van der Waals surface area contributed by atoms with Gasteiger partial charge in [-0.05, 0) is 94.6 Å². The summed E-state index contributed by atoms with van der Waals surface area (Å²) >= 11 is 0. The summed E-state index contributed by atoms with van der Waals surface area (Å²) in [6, 6.07) is 7.00. The Morgan fingerprint density at radius 1 is 0.545 bits per heavy atom. The molecule has 2 unspecified atom stereocenters. The third-order valence-electron chi connectivity index (χ3n) is 11.0. The van der Waals surface area contributed by atoms with Gasteiger partial charge in [-0.15, -0.1) is 0 Å². The number of hydrogen-bond acceptors (Lipinski definition) is 7. The summed E-state index contributed by atoms with van der Waals surface area (Å²) in [5, 5.41) is 28.0. The molecule has 2 aromatic carbocycles. The van der Waals surface area contributed by atoms with Crippen molar-refractivity contribution in [2.45, 2.75) is 155 Å². The van der Waals surface area contributed by atoms with Gasteiger partial charge in [0, 0.05) is 0 Å². The third kappa shape index (κ3) is 9.47. The first-order valence-electron chi connectivity index (χ1n) is 19.6. The SMILES string of the molecule is CC1(CCc2cc(C(C)(C)C)c(O)c(C(C)(C)C)c2)NC(=O)N(CCOCCN2C(=O)NC(C)(CCc3cc(C(C)(C)C)c(O)c(C(C)(C)C)c3)C2=O)C1=O. The van der Waals surface area contributed by atoms with Gasteiger partial charge in [0.1, 0.15) is 22.6 Å². The summed E-state index contributed by atoms with van der Waals surface area (Å²) in [4.78, 5) is 55.3. The highest BCUT2D eigenvalue weighted by Gasteiger charge is 2.48. The van der Waals surface area contributed by atoms with Crippen molar-refractivity contribution in [3.8, 4) is 11.5 Å². The molecule has 2 fully saturated rings. The lowest BCUT2D eigenvalue weighted by Gasteiger charge is -2.29. The van der Waals surface area contributed by atoms with E-state index in [0.717, 1.165) is 43.2 Å². The zero-order valence-corrected chi connectivity index (χ0v) is 35.8. The number of carbonyl (C=O) groups is 4. The smallest absolute Gasteiger partial charge is 0.325 e. The van der Waals surface area contributed by atoms with Crippen LogP contribution in [0.25, 0.3) is 0 Å². The van der Waals surface area contributed by atoms with E-state index in [1.807, 2.05) is 24.3 Å². The predicted molar refractivity (Wildman–Crippen MR) is 216 cm³/mol. The van der Waals surface area contributed by atoms with Crippen LogP contribution in [0.2, 0.25) is 0 Å². The third-order valence-corrected chi connectivity index (χ3v) is 11.0. The van der Waals surface area contributed by atoms with Crippen LogP contribution in [0.1, 0.15) is 143 Å². The van der Waals surface area contributed by atoms with Crippen LogP contribution in [0.15, 0.2) is 24.3 Å². The average Bonchev–Trinajstić information content (AvgIpc) is 3.38. The zero-order chi connectivity index (χ0) is 41.7. The number of nitrogens with zero attached hydrogens (tertiary/aromatic N) is 2. The number of ether oxygens (including phenoxy) is 1. The van der Waals surface area contributed by atoms with Crippen LogP contribution in [0.4, 0.5) is 9.59 Å². The Morgan fingerprint density at radius 3 is 1.07 bits per heavy atom. The molecule has 0 spiro atoms. The number of nitrogens with one attached hydrogen (secondary N) is 2. The largest absolute Gasteiger partial charge is 0.507 e. The first kappa shape index (κ1) is 43.6. The summed E-state index contributed by atoms with van der Waals surface area (Å²) in [5.74, 6) is -0.0836. The normalized spacial score (nSPS) is 21.1. The van der Waals surface area contributed by atoms with Gasteiger partial charge >= 0.3 is 12.1 Å². The molecule has 4 rings (SSSR count). The highest BCUT2D eigenvalue weighted by atomic mass is 16.5. The molecule has 0 aliphatic carbocycles. The first-order chi connectivity index (χ1) is 25.0. The molecule has 2 aromatic rings. The number of aryl methyl sites for hydroxylation is 2. The summed E-state index contributed by atoms with van der Waals surface area (Å²) < 4.78 is 5.75. The van der Waals surface area contributed by atoms with Gasteiger partial charge in [0.25, 0.3) is 11.8 Å². The van der Waals surface area contributed by atoms with Gasteiger partial charge in [0.2, 0.25) is 0 Å². The highest BCUT2D eigenvalue weighted by Crippen LogP contribution is 2.42. The van der Waals surface area contributed by atoms with E-state index in [1.54, 1.807) is 13.8 Å². The van der Waals surface area contributed by atoms with Gasteiger partial charge in [-0.25, -0.2) is 9.59 Å². The van der Waals surface area contributed by atoms with Crippen molar-refractivity contribution < 1.29 is 34.1 Å². The maximum Gasteiger partial charge on any atom is 0.325 e. The van der Waals surface area contributed by atoms with E-state index in [4.69, 9.17) is 4.74 Å². The van der Waals surface area contributed by atoms with Crippen LogP contribution in [0, 0.1) is 0 Å². The van der Waals surface area contributed by atoms with Crippen molar-refractivity contribution >= 4 is 23.9 Å². The molecule has 0 saturated carbocycles. The molecule has 6 amide bonds. The molecule has 0 bridgehead atoms. The van der Waals surface area contributed by atoms with Crippen LogP contribution in [0.3, 0.4) is 0 Å². The van der Waals surface area contributed by atoms with Crippen LogP contribution < -0.4 is 10.6 Å². The minimum absolute atomic E-state index is 0.0272.